The van der Waals surface area contributed by atoms with Crippen LogP contribution in [0.2, 0.25) is 5.02 Å². The Kier molecular flexibility index (Phi) is 4.86. The fraction of sp³-hybridized carbons (Fsp3) is 0.200. The predicted octanol–water partition coefficient (Wildman–Crippen LogP) is 4.52. The molecule has 0 aromatic heterocycles. The van der Waals surface area contributed by atoms with Crippen molar-refractivity contribution in [3.63, 3.8) is 0 Å². The average Bonchev–Trinajstić information content (AvgIpc) is 2.41. The molecule has 1 unspecified atom stereocenters. The van der Waals surface area contributed by atoms with Gasteiger partial charge in [0.15, 0.2) is 0 Å². The highest BCUT2D eigenvalue weighted by atomic mass is 79.9. The zero-order chi connectivity index (χ0) is 13.8. The van der Waals surface area contributed by atoms with Crippen LogP contribution in [0.3, 0.4) is 0 Å². The van der Waals surface area contributed by atoms with Crippen molar-refractivity contribution in [3.8, 4) is 0 Å². The first kappa shape index (κ1) is 14.4. The monoisotopic (exact) mass is 338 g/mol. The molecule has 19 heavy (non-hydrogen) atoms. The van der Waals surface area contributed by atoms with E-state index in [0.29, 0.717) is 11.6 Å². The number of aryl methyl sites for hydroxylation is 1. The Hall–Kier alpha value is -1.03. The maximum Gasteiger partial charge on any atom is 0.0647 e. The third-order valence-corrected chi connectivity index (χ3v) is 3.92. The van der Waals surface area contributed by atoms with E-state index in [1.165, 1.54) is 5.56 Å². The number of nitrogens with two attached hydrogens (primary N) is 1. The second-order valence-electron chi connectivity index (χ2n) is 4.46. The highest BCUT2D eigenvalue weighted by Crippen LogP contribution is 2.28. The molecule has 0 spiro atoms. The highest BCUT2D eigenvalue weighted by Gasteiger charge is 2.13. The van der Waals surface area contributed by atoms with Gasteiger partial charge in [0.1, 0.15) is 0 Å². The molecule has 0 bridgehead atoms. The van der Waals surface area contributed by atoms with Gasteiger partial charge in [0, 0.05) is 21.7 Å². The van der Waals surface area contributed by atoms with Gasteiger partial charge in [0.2, 0.25) is 0 Å². The van der Waals surface area contributed by atoms with Crippen LogP contribution in [0.5, 0.6) is 0 Å². The van der Waals surface area contributed by atoms with Crippen LogP contribution in [-0.2, 0) is 0 Å². The van der Waals surface area contributed by atoms with E-state index >= 15 is 0 Å². The van der Waals surface area contributed by atoms with Gasteiger partial charge in [-0.2, -0.15) is 0 Å². The zero-order valence-corrected chi connectivity index (χ0v) is 13.0. The van der Waals surface area contributed by atoms with E-state index in [2.05, 4.69) is 52.4 Å². The Morgan fingerprint density at radius 3 is 2.53 bits per heavy atom. The summed E-state index contributed by atoms with van der Waals surface area (Å²) in [6.45, 7) is 2.56. The fourth-order valence-corrected chi connectivity index (χ4v) is 2.60. The summed E-state index contributed by atoms with van der Waals surface area (Å²) in [5.41, 5.74) is 9.22. The molecule has 0 fully saturated rings. The summed E-state index contributed by atoms with van der Waals surface area (Å²) in [5.74, 6) is 0. The van der Waals surface area contributed by atoms with Crippen molar-refractivity contribution in [1.82, 2.24) is 0 Å². The van der Waals surface area contributed by atoms with Gasteiger partial charge in [0.05, 0.1) is 6.04 Å². The van der Waals surface area contributed by atoms with Crippen molar-refractivity contribution >= 4 is 33.2 Å². The molecule has 0 saturated carbocycles. The summed E-state index contributed by atoms with van der Waals surface area (Å²) in [5, 5.41) is 4.14. The molecule has 2 rings (SSSR count). The molecule has 1 atom stereocenters. The first-order chi connectivity index (χ1) is 9.10. The molecule has 0 radical (unpaired) electrons. The highest BCUT2D eigenvalue weighted by molar-refractivity contribution is 9.10. The van der Waals surface area contributed by atoms with Gasteiger partial charge in [-0.25, -0.2) is 0 Å². The van der Waals surface area contributed by atoms with Gasteiger partial charge in [-0.1, -0.05) is 45.2 Å². The largest absolute Gasteiger partial charge is 0.377 e. The summed E-state index contributed by atoms with van der Waals surface area (Å²) in [4.78, 5) is 0. The smallest absolute Gasteiger partial charge is 0.0647 e. The lowest BCUT2D eigenvalue weighted by molar-refractivity contribution is 0.786. The summed E-state index contributed by atoms with van der Waals surface area (Å²) >= 11 is 9.59. The molecule has 0 aliphatic rings. The van der Waals surface area contributed by atoms with Gasteiger partial charge in [0.25, 0.3) is 0 Å². The molecule has 4 heteroatoms. The minimum atomic E-state index is 0.0239. The number of hydrogen-bond donors (Lipinski definition) is 2. The number of halogens is 2. The van der Waals surface area contributed by atoms with E-state index in [9.17, 15) is 0 Å². The number of anilines is 1. The molecule has 2 nitrogen and oxygen atoms in total. The lowest BCUT2D eigenvalue weighted by atomic mass is 10.1. The van der Waals surface area contributed by atoms with Crippen molar-refractivity contribution in [2.75, 3.05) is 11.9 Å². The number of nitrogens with one attached hydrogen (secondary N) is 1. The Labute approximate surface area is 127 Å². The second kappa shape index (κ2) is 6.42. The molecule has 0 heterocycles. The van der Waals surface area contributed by atoms with Gasteiger partial charge in [-0.15, -0.1) is 0 Å². The van der Waals surface area contributed by atoms with Crippen LogP contribution in [0.25, 0.3) is 0 Å². The molecule has 100 valence electrons. The van der Waals surface area contributed by atoms with Crippen LogP contribution in [0.15, 0.2) is 46.9 Å². The first-order valence-electron chi connectivity index (χ1n) is 6.08. The quantitative estimate of drug-likeness (QED) is 0.859. The van der Waals surface area contributed by atoms with E-state index in [1.54, 1.807) is 0 Å². The summed E-state index contributed by atoms with van der Waals surface area (Å²) in [7, 11) is 0. The van der Waals surface area contributed by atoms with Crippen LogP contribution in [0, 0.1) is 6.92 Å². The Morgan fingerprint density at radius 2 is 1.89 bits per heavy atom. The molecular formula is C15H16BrClN2. The average molecular weight is 340 g/mol. The third kappa shape index (κ3) is 3.72. The topological polar surface area (TPSA) is 38.0 Å². The fourth-order valence-electron chi connectivity index (χ4n) is 1.90. The normalized spacial score (nSPS) is 12.2. The van der Waals surface area contributed by atoms with Crippen molar-refractivity contribution in [2.45, 2.75) is 13.0 Å². The lowest BCUT2D eigenvalue weighted by Crippen LogP contribution is -2.21. The summed E-state index contributed by atoms with van der Waals surface area (Å²) < 4.78 is 1.01. The van der Waals surface area contributed by atoms with Crippen LogP contribution < -0.4 is 11.1 Å². The number of benzene rings is 2. The molecule has 2 aromatic rings. The first-order valence-corrected chi connectivity index (χ1v) is 7.25. The number of hydrogen-bond acceptors (Lipinski definition) is 2. The van der Waals surface area contributed by atoms with E-state index < -0.39 is 0 Å². The van der Waals surface area contributed by atoms with Crippen LogP contribution in [-0.4, -0.2) is 6.54 Å². The molecule has 0 aliphatic carbocycles. The third-order valence-electron chi connectivity index (χ3n) is 2.96. The van der Waals surface area contributed by atoms with Crippen LogP contribution >= 0.6 is 27.5 Å². The predicted molar refractivity (Wildman–Crippen MR) is 85.7 cm³/mol. The maximum absolute atomic E-state index is 6.05. The SMILES string of the molecule is Cc1ccc(NC(CN)c2cc(Cl)ccc2Br)cc1. The van der Waals surface area contributed by atoms with Crippen molar-refractivity contribution in [1.29, 1.82) is 0 Å². The minimum absolute atomic E-state index is 0.0239. The molecule has 0 saturated heterocycles. The second-order valence-corrected chi connectivity index (χ2v) is 5.76. The van der Waals surface area contributed by atoms with Crippen LogP contribution in [0.4, 0.5) is 5.69 Å². The van der Waals surface area contributed by atoms with E-state index in [4.69, 9.17) is 17.3 Å². The molecule has 2 aromatic carbocycles. The molecule has 0 aliphatic heterocycles. The molecular weight excluding hydrogens is 324 g/mol. The van der Waals surface area contributed by atoms with Gasteiger partial charge >= 0.3 is 0 Å². The summed E-state index contributed by atoms with van der Waals surface area (Å²) in [6.07, 6.45) is 0. The van der Waals surface area contributed by atoms with E-state index in [0.717, 1.165) is 15.7 Å². The van der Waals surface area contributed by atoms with Crippen molar-refractivity contribution in [2.24, 2.45) is 5.73 Å². The number of rotatable bonds is 4. The van der Waals surface area contributed by atoms with Crippen molar-refractivity contribution < 1.29 is 0 Å². The van der Waals surface area contributed by atoms with E-state index in [-0.39, 0.29) is 6.04 Å². The van der Waals surface area contributed by atoms with Crippen LogP contribution in [0.1, 0.15) is 17.2 Å². The standard InChI is InChI=1S/C15H16BrClN2/c1-10-2-5-12(6-3-10)19-15(9-18)13-8-11(17)4-7-14(13)16/h2-8,15,19H,9,18H2,1H3. The van der Waals surface area contributed by atoms with Crippen molar-refractivity contribution in [3.05, 3.63) is 63.1 Å². The zero-order valence-electron chi connectivity index (χ0n) is 10.7. The minimum Gasteiger partial charge on any atom is -0.377 e. The Morgan fingerprint density at radius 1 is 1.21 bits per heavy atom. The van der Waals surface area contributed by atoms with Gasteiger partial charge < -0.3 is 11.1 Å². The van der Waals surface area contributed by atoms with Gasteiger partial charge in [-0.05, 0) is 42.8 Å². The Bertz CT molecular complexity index is 555. The van der Waals surface area contributed by atoms with Gasteiger partial charge in [-0.3, -0.25) is 0 Å². The maximum atomic E-state index is 6.05. The lowest BCUT2D eigenvalue weighted by Gasteiger charge is -2.20. The molecule has 0 amide bonds. The Balaban J connectivity index is 2.24. The molecule has 3 N–H and O–H groups in total. The van der Waals surface area contributed by atoms with E-state index in [1.807, 2.05) is 18.2 Å². The summed E-state index contributed by atoms with van der Waals surface area (Å²) in [6, 6.07) is 14.0.